The Bertz CT molecular complexity index is 1130. The summed E-state index contributed by atoms with van der Waals surface area (Å²) in [5, 5.41) is 12.5. The Morgan fingerprint density at radius 3 is 2.74 bits per heavy atom. The van der Waals surface area contributed by atoms with Crippen molar-refractivity contribution in [3.8, 4) is 5.75 Å². The first kappa shape index (κ1) is 21.4. The predicted molar refractivity (Wildman–Crippen MR) is 114 cm³/mol. The fourth-order valence-electron chi connectivity index (χ4n) is 4.52. The van der Waals surface area contributed by atoms with E-state index in [0.29, 0.717) is 6.54 Å². The number of Topliss-reactive ketones (excluding diaryl/α,β-unsaturated/α-hetero) is 1. The van der Waals surface area contributed by atoms with Crippen molar-refractivity contribution in [3.63, 3.8) is 0 Å². The van der Waals surface area contributed by atoms with Crippen LogP contribution in [0, 0.1) is 5.82 Å². The number of aryl methyl sites for hydroxylation is 1. The van der Waals surface area contributed by atoms with Gasteiger partial charge in [0.15, 0.2) is 17.2 Å². The molecule has 7 nitrogen and oxygen atoms in total. The zero-order valence-electron chi connectivity index (χ0n) is 17.3. The first-order valence-corrected chi connectivity index (χ1v) is 10.7. The third-order valence-electron chi connectivity index (χ3n) is 6.13. The van der Waals surface area contributed by atoms with Gasteiger partial charge in [0.1, 0.15) is 12.0 Å². The van der Waals surface area contributed by atoms with Gasteiger partial charge in [-0.15, -0.1) is 0 Å². The lowest BCUT2D eigenvalue weighted by Crippen LogP contribution is -2.60. The van der Waals surface area contributed by atoms with Crippen molar-refractivity contribution in [2.75, 3.05) is 11.6 Å². The highest BCUT2D eigenvalue weighted by Gasteiger charge is 2.44. The van der Waals surface area contributed by atoms with Gasteiger partial charge in [0.2, 0.25) is 5.43 Å². The summed E-state index contributed by atoms with van der Waals surface area (Å²) >= 11 is 5.79. The highest BCUT2D eigenvalue weighted by atomic mass is 35.5. The van der Waals surface area contributed by atoms with Gasteiger partial charge in [-0.25, -0.2) is 4.39 Å². The van der Waals surface area contributed by atoms with Crippen LogP contribution in [0.3, 0.4) is 0 Å². The Hall–Kier alpha value is -2.87. The number of carbonyl (C=O) groups excluding carboxylic acids is 2. The highest BCUT2D eigenvalue weighted by Crippen LogP contribution is 2.33. The van der Waals surface area contributed by atoms with Crippen molar-refractivity contribution >= 4 is 23.3 Å². The lowest BCUT2D eigenvalue weighted by atomic mass is 10.0. The van der Waals surface area contributed by atoms with Gasteiger partial charge in [-0.2, -0.15) is 0 Å². The molecule has 9 heteroatoms. The number of amides is 1. The van der Waals surface area contributed by atoms with E-state index >= 15 is 0 Å². The lowest BCUT2D eigenvalue weighted by Gasteiger charge is -2.44. The molecule has 0 saturated carbocycles. The summed E-state index contributed by atoms with van der Waals surface area (Å²) in [5.74, 6) is -2.31. The number of carbonyl (C=O) groups is 2. The van der Waals surface area contributed by atoms with Crippen molar-refractivity contribution in [1.29, 1.82) is 0 Å². The number of aromatic nitrogens is 1. The Balaban J connectivity index is 1.72. The number of fused-ring (bicyclic) bond motifs is 3. The summed E-state index contributed by atoms with van der Waals surface area (Å²) in [6, 6.07) is 4.59. The molecule has 2 aromatic rings. The van der Waals surface area contributed by atoms with E-state index in [0.717, 1.165) is 12.8 Å². The maximum Gasteiger partial charge on any atom is 0.278 e. The number of ketones is 1. The minimum Gasteiger partial charge on any atom is -0.502 e. The van der Waals surface area contributed by atoms with Crippen molar-refractivity contribution in [2.45, 2.75) is 51.7 Å². The number of nitrogens with zero attached hydrogens (tertiary/aromatic N) is 3. The number of benzene rings is 1. The summed E-state index contributed by atoms with van der Waals surface area (Å²) in [5.41, 5.74) is -0.976. The molecular weight excluding hydrogens is 425 g/mol. The molecule has 164 valence electrons. The van der Waals surface area contributed by atoms with Crippen LogP contribution in [0.25, 0.3) is 0 Å². The normalized spacial score (nSPS) is 20.1. The molecule has 0 bridgehead atoms. The minimum absolute atomic E-state index is 0.0375. The molecule has 0 spiro atoms. The summed E-state index contributed by atoms with van der Waals surface area (Å²) in [6.45, 7) is 4.27. The summed E-state index contributed by atoms with van der Waals surface area (Å²) in [7, 11) is 0. The van der Waals surface area contributed by atoms with E-state index in [9.17, 15) is 23.9 Å². The Labute approximate surface area is 183 Å². The maximum atomic E-state index is 14.1. The van der Waals surface area contributed by atoms with Crippen molar-refractivity contribution < 1.29 is 19.1 Å². The monoisotopic (exact) mass is 447 g/mol. The molecule has 2 aliphatic rings. The van der Waals surface area contributed by atoms with E-state index in [-0.39, 0.29) is 46.9 Å². The van der Waals surface area contributed by atoms with Crippen molar-refractivity contribution in [1.82, 2.24) is 9.58 Å². The quantitative estimate of drug-likeness (QED) is 0.712. The Kier molecular flexibility index (Phi) is 5.51. The zero-order chi connectivity index (χ0) is 22.4. The second-order valence-electron chi connectivity index (χ2n) is 7.93. The molecule has 0 aliphatic carbocycles. The molecule has 4 rings (SSSR count). The lowest BCUT2D eigenvalue weighted by molar-refractivity contribution is 0.0600. The topological polar surface area (TPSA) is 82.9 Å². The number of aromatic hydroxyl groups is 1. The summed E-state index contributed by atoms with van der Waals surface area (Å²) < 4.78 is 15.6. The average Bonchev–Trinajstić information content (AvgIpc) is 3.12. The molecule has 0 radical (unpaired) electrons. The van der Waals surface area contributed by atoms with Crippen LogP contribution < -0.4 is 10.4 Å². The molecule has 1 aromatic carbocycles. The van der Waals surface area contributed by atoms with E-state index in [1.807, 2.05) is 18.9 Å². The molecule has 2 atom stereocenters. The van der Waals surface area contributed by atoms with Gasteiger partial charge in [0, 0.05) is 25.2 Å². The van der Waals surface area contributed by atoms with Gasteiger partial charge < -0.3 is 10.0 Å². The van der Waals surface area contributed by atoms with Gasteiger partial charge in [-0.3, -0.25) is 24.1 Å². The number of hydrogen-bond acceptors (Lipinski definition) is 5. The van der Waals surface area contributed by atoms with E-state index in [1.54, 1.807) is 11.0 Å². The average molecular weight is 448 g/mol. The van der Waals surface area contributed by atoms with Gasteiger partial charge >= 0.3 is 0 Å². The predicted octanol–water partition coefficient (Wildman–Crippen LogP) is 3.08. The van der Waals surface area contributed by atoms with Crippen LogP contribution in [0.4, 0.5) is 4.39 Å². The van der Waals surface area contributed by atoms with Gasteiger partial charge in [0.25, 0.3) is 5.91 Å². The standard InChI is InChI=1S/C22H23ClFN3O4/c1-3-25-17-10-7-12(2)27(17)26-11-14(20(29)21(30)19(26)22(25)31)16(28)9-8-13-5-4-6-15(23)18(13)24/h4-6,11-12,17,30H,3,7-10H2,1-2H3/t12-,17+/m1/s1. The number of pyridine rings is 1. The molecule has 2 aliphatic heterocycles. The number of hydrogen-bond donors (Lipinski definition) is 1. The van der Waals surface area contributed by atoms with Crippen LogP contribution in [-0.4, -0.2) is 45.1 Å². The molecule has 3 heterocycles. The zero-order valence-corrected chi connectivity index (χ0v) is 18.0. The summed E-state index contributed by atoms with van der Waals surface area (Å²) in [4.78, 5) is 40.2. The van der Waals surface area contributed by atoms with Crippen LogP contribution in [0.1, 0.15) is 59.5 Å². The maximum absolute atomic E-state index is 14.1. The third-order valence-corrected chi connectivity index (χ3v) is 6.42. The minimum atomic E-state index is -0.891. The second-order valence-corrected chi connectivity index (χ2v) is 8.34. The molecule has 1 saturated heterocycles. The van der Waals surface area contributed by atoms with Crippen molar-refractivity contribution in [2.24, 2.45) is 0 Å². The molecule has 1 fully saturated rings. The van der Waals surface area contributed by atoms with Crippen LogP contribution >= 0.6 is 11.6 Å². The van der Waals surface area contributed by atoms with Gasteiger partial charge in [0.05, 0.1) is 10.6 Å². The first-order valence-electron chi connectivity index (χ1n) is 10.3. The largest absolute Gasteiger partial charge is 0.502 e. The van der Waals surface area contributed by atoms with Gasteiger partial charge in [-0.1, -0.05) is 23.7 Å². The molecule has 1 N–H and O–H groups in total. The van der Waals surface area contributed by atoms with Crippen LogP contribution in [0.2, 0.25) is 5.02 Å². The SMILES string of the molecule is CCN1C(=O)c2c(O)c(=O)c(C(=O)CCc3cccc(Cl)c3F)cn2N2[C@H](C)CC[C@@H]12. The molecular formula is C22H23ClFN3O4. The molecule has 31 heavy (non-hydrogen) atoms. The first-order chi connectivity index (χ1) is 14.8. The van der Waals surface area contributed by atoms with Gasteiger partial charge in [-0.05, 0) is 44.7 Å². The fourth-order valence-corrected chi connectivity index (χ4v) is 4.72. The molecule has 0 unspecified atom stereocenters. The summed E-state index contributed by atoms with van der Waals surface area (Å²) in [6.07, 6.45) is 2.64. The fraction of sp³-hybridized carbons (Fsp3) is 0.409. The van der Waals surface area contributed by atoms with E-state index in [2.05, 4.69) is 0 Å². The number of halogens is 2. The third kappa shape index (κ3) is 3.39. The van der Waals surface area contributed by atoms with Crippen LogP contribution in [-0.2, 0) is 6.42 Å². The molecule has 1 amide bonds. The Morgan fingerprint density at radius 1 is 1.29 bits per heavy atom. The Morgan fingerprint density at radius 2 is 2.03 bits per heavy atom. The molecule has 1 aromatic heterocycles. The second kappa shape index (κ2) is 8.00. The van der Waals surface area contributed by atoms with Crippen molar-refractivity contribution in [3.05, 3.63) is 62.3 Å². The highest BCUT2D eigenvalue weighted by molar-refractivity contribution is 6.30. The van der Waals surface area contributed by atoms with E-state index < -0.39 is 28.7 Å². The van der Waals surface area contributed by atoms with Crippen LogP contribution in [0.15, 0.2) is 29.2 Å². The van der Waals surface area contributed by atoms with Crippen LogP contribution in [0.5, 0.6) is 5.75 Å². The number of rotatable bonds is 5. The smallest absolute Gasteiger partial charge is 0.278 e. The van der Waals surface area contributed by atoms with E-state index in [4.69, 9.17) is 11.6 Å². The van der Waals surface area contributed by atoms with E-state index in [1.165, 1.54) is 23.0 Å².